The average molecular weight is 784 g/mol. The Labute approximate surface area is 320 Å². The van der Waals surface area contributed by atoms with Gasteiger partial charge in [-0.15, -0.1) is 6.58 Å². The molecule has 1 saturated heterocycles. The average Bonchev–Trinajstić information content (AvgIpc) is 3.38. The quantitative estimate of drug-likeness (QED) is 0.129. The normalized spacial score (nSPS) is 25.4. The molecule has 0 aromatic heterocycles. The van der Waals surface area contributed by atoms with Crippen molar-refractivity contribution in [3.05, 3.63) is 12.7 Å². The predicted molar refractivity (Wildman–Crippen MR) is 202 cm³/mol. The summed E-state index contributed by atoms with van der Waals surface area (Å²) in [5.41, 5.74) is -1.97. The van der Waals surface area contributed by atoms with E-state index < -0.39 is 86.0 Å². The summed E-state index contributed by atoms with van der Waals surface area (Å²) in [6, 6.07) is -4.08. The van der Waals surface area contributed by atoms with E-state index >= 15 is 0 Å². The van der Waals surface area contributed by atoms with Crippen molar-refractivity contribution < 1.29 is 41.2 Å². The Morgan fingerprint density at radius 1 is 0.907 bits per heavy atom. The number of hydrogen-bond donors (Lipinski definition) is 4. The van der Waals surface area contributed by atoms with Gasteiger partial charge in [0, 0.05) is 19.5 Å². The van der Waals surface area contributed by atoms with Crippen LogP contribution in [0.2, 0.25) is 0 Å². The first kappa shape index (κ1) is 43.6. The first-order chi connectivity index (χ1) is 25.1. The van der Waals surface area contributed by atoms with Crippen molar-refractivity contribution in [2.24, 2.45) is 22.7 Å². The van der Waals surface area contributed by atoms with Crippen molar-refractivity contribution in [1.82, 2.24) is 26.2 Å². The Hall–Kier alpha value is -3.10. The molecular weight excluding hydrogens is 721 g/mol. The fraction of sp³-hybridized carbons (Fsp3) is 0.821. The largest absolute Gasteiger partial charge is 0.346 e. The van der Waals surface area contributed by atoms with Gasteiger partial charge in [0.2, 0.25) is 24.0 Å². The number of Topliss-reactive ketones (excluding diaryl/α,β-unsaturated/α-hetero) is 1. The zero-order valence-corrected chi connectivity index (χ0v) is 33.8. The number of sulfone groups is 1. The van der Waals surface area contributed by atoms with Crippen LogP contribution in [0.1, 0.15) is 125 Å². The van der Waals surface area contributed by atoms with Crippen LogP contribution in [0.15, 0.2) is 12.7 Å². The number of ketones is 1. The fourth-order valence-corrected chi connectivity index (χ4v) is 10.6. The number of halogens is 2. The van der Waals surface area contributed by atoms with Crippen molar-refractivity contribution in [2.45, 2.75) is 160 Å². The maximum atomic E-state index is 14.9. The van der Waals surface area contributed by atoms with Crippen LogP contribution in [0.25, 0.3) is 0 Å². The summed E-state index contributed by atoms with van der Waals surface area (Å²) in [6.45, 7) is 14.6. The van der Waals surface area contributed by atoms with Gasteiger partial charge in [-0.1, -0.05) is 65.4 Å². The molecule has 4 aliphatic rings. The molecule has 5 atom stereocenters. The van der Waals surface area contributed by atoms with Crippen LogP contribution in [0, 0.1) is 22.7 Å². The van der Waals surface area contributed by atoms with E-state index in [1.54, 1.807) is 20.8 Å². The summed E-state index contributed by atoms with van der Waals surface area (Å²) in [7, 11) is -3.61. The van der Waals surface area contributed by atoms with E-state index in [4.69, 9.17) is 0 Å². The second-order valence-corrected chi connectivity index (χ2v) is 20.8. The fourth-order valence-electron chi connectivity index (χ4n) is 9.10. The lowest BCUT2D eigenvalue weighted by atomic mass is 9.70. The lowest BCUT2D eigenvalue weighted by molar-refractivity contribution is -0.146. The highest BCUT2D eigenvalue weighted by Gasteiger charge is 2.70. The molecule has 306 valence electrons. The van der Waals surface area contributed by atoms with E-state index in [9.17, 15) is 41.2 Å². The maximum absolute atomic E-state index is 14.9. The van der Waals surface area contributed by atoms with Gasteiger partial charge in [-0.3, -0.25) is 19.2 Å². The number of hydrogen-bond acceptors (Lipinski definition) is 7. The first-order valence-corrected chi connectivity index (χ1v) is 21.4. The van der Waals surface area contributed by atoms with E-state index in [1.807, 2.05) is 20.8 Å². The molecule has 4 N–H and O–H groups in total. The molecule has 4 fully saturated rings. The Morgan fingerprint density at radius 3 is 2.06 bits per heavy atom. The number of rotatable bonds is 16. The SMILES string of the molecule is C=CCNC(=O)C(=O)[C@H](CCCC(F)F)NC(=O)[C@@H]1[C@@H]2C(CN1C(=O)[C@@H](NC(=O)NC1(CS(=O)(=O)C(C)(C)C)CCCCC1)C1(C)CCCCC1)C2(C)C. The van der Waals surface area contributed by atoms with Crippen LogP contribution in [-0.2, 0) is 29.0 Å². The number of carbonyl (C=O) groups excluding carboxylic acids is 5. The zero-order valence-electron chi connectivity index (χ0n) is 33.0. The van der Waals surface area contributed by atoms with Gasteiger partial charge in [0.1, 0.15) is 12.1 Å². The molecule has 3 aliphatic carbocycles. The van der Waals surface area contributed by atoms with Crippen LogP contribution >= 0.6 is 0 Å². The van der Waals surface area contributed by atoms with Gasteiger partial charge >= 0.3 is 6.03 Å². The smallest absolute Gasteiger partial charge is 0.315 e. The lowest BCUT2D eigenvalue weighted by Gasteiger charge is -2.44. The van der Waals surface area contributed by atoms with Gasteiger partial charge in [0.05, 0.1) is 22.1 Å². The molecular formula is C39H63F2N5O7S. The molecule has 1 unspecified atom stereocenters. The van der Waals surface area contributed by atoms with Gasteiger partial charge in [-0.2, -0.15) is 0 Å². The van der Waals surface area contributed by atoms with Crippen LogP contribution < -0.4 is 21.3 Å². The van der Waals surface area contributed by atoms with E-state index in [2.05, 4.69) is 27.8 Å². The summed E-state index contributed by atoms with van der Waals surface area (Å²) >= 11 is 0. The summed E-state index contributed by atoms with van der Waals surface area (Å²) < 4.78 is 52.0. The Balaban J connectivity index is 1.62. The third kappa shape index (κ3) is 9.82. The Morgan fingerprint density at radius 2 is 1.50 bits per heavy atom. The molecule has 15 heteroatoms. The third-order valence-corrected chi connectivity index (χ3v) is 15.5. The van der Waals surface area contributed by atoms with Gasteiger partial charge < -0.3 is 26.2 Å². The number of piperidine rings is 1. The molecule has 4 rings (SSSR count). The summed E-state index contributed by atoms with van der Waals surface area (Å²) in [6.07, 6.45) is 5.30. The minimum atomic E-state index is -3.61. The molecule has 0 aromatic carbocycles. The molecule has 1 aliphatic heterocycles. The van der Waals surface area contributed by atoms with E-state index in [0.29, 0.717) is 25.7 Å². The highest BCUT2D eigenvalue weighted by Crippen LogP contribution is 2.65. The van der Waals surface area contributed by atoms with Crippen molar-refractivity contribution >= 4 is 39.4 Å². The molecule has 54 heavy (non-hydrogen) atoms. The van der Waals surface area contributed by atoms with Gasteiger partial charge in [-0.05, 0) is 82.0 Å². The minimum absolute atomic E-state index is 0.000618. The zero-order chi connectivity index (χ0) is 40.3. The minimum Gasteiger partial charge on any atom is -0.346 e. The predicted octanol–water partition coefficient (Wildman–Crippen LogP) is 4.82. The number of nitrogens with one attached hydrogen (secondary N) is 4. The van der Waals surface area contributed by atoms with Crippen molar-refractivity contribution in [3.63, 3.8) is 0 Å². The standard InChI is InChI=1S/C39H63F2N5O7S/c1-8-22-42-33(49)30(47)26(16-15-17-27(40)41)43-32(48)29-28-25(37(28,5)6)23-46(29)34(50)31(38(7)18-11-9-12-19-38)44-35(51)45-39(20-13-10-14-21-39)24-54(52,53)36(2,3)4/h8,25-29,31H,1,9-24H2,2-7H3,(H,42,49)(H,43,48)(H2,44,45,51)/t25?,26-,28-,29-,31+/m0/s1. The molecule has 0 bridgehead atoms. The number of nitrogens with zero attached hydrogens (tertiary/aromatic N) is 1. The first-order valence-electron chi connectivity index (χ1n) is 19.7. The van der Waals surface area contributed by atoms with Crippen molar-refractivity contribution in [3.8, 4) is 0 Å². The number of fused-ring (bicyclic) bond motifs is 1. The monoisotopic (exact) mass is 783 g/mol. The summed E-state index contributed by atoms with van der Waals surface area (Å²) in [4.78, 5) is 70.5. The number of amides is 5. The van der Waals surface area contributed by atoms with Gasteiger partial charge in [0.25, 0.3) is 5.91 Å². The van der Waals surface area contributed by atoms with Crippen LogP contribution in [0.4, 0.5) is 13.6 Å². The van der Waals surface area contributed by atoms with Crippen LogP contribution in [-0.4, -0.2) is 96.5 Å². The Kier molecular flexibility index (Phi) is 13.7. The topological polar surface area (TPSA) is 171 Å². The molecule has 12 nitrogen and oxygen atoms in total. The van der Waals surface area contributed by atoms with Crippen molar-refractivity contribution in [1.29, 1.82) is 0 Å². The van der Waals surface area contributed by atoms with Gasteiger partial charge in [-0.25, -0.2) is 22.0 Å². The lowest BCUT2D eigenvalue weighted by Crippen LogP contribution is -2.65. The highest BCUT2D eigenvalue weighted by molar-refractivity contribution is 7.92. The van der Waals surface area contributed by atoms with Gasteiger partial charge in [0.15, 0.2) is 9.84 Å². The second-order valence-electron chi connectivity index (χ2n) is 18.1. The molecule has 0 spiro atoms. The highest BCUT2D eigenvalue weighted by atomic mass is 32.2. The van der Waals surface area contributed by atoms with E-state index in [-0.39, 0.29) is 48.9 Å². The number of alkyl halides is 2. The van der Waals surface area contributed by atoms with Crippen LogP contribution in [0.3, 0.4) is 0 Å². The molecule has 3 saturated carbocycles. The number of urea groups is 1. The number of carbonyl (C=O) groups is 5. The van der Waals surface area contributed by atoms with E-state index in [0.717, 1.165) is 38.5 Å². The third-order valence-electron chi connectivity index (χ3n) is 12.7. The Bertz CT molecular complexity index is 1530. The van der Waals surface area contributed by atoms with E-state index in [1.165, 1.54) is 11.0 Å². The second kappa shape index (κ2) is 17.0. The van der Waals surface area contributed by atoms with Crippen LogP contribution in [0.5, 0.6) is 0 Å². The molecule has 1 heterocycles. The summed E-state index contributed by atoms with van der Waals surface area (Å²) in [5.74, 6) is -3.58. The number of likely N-dealkylation sites (tertiary alicyclic amines) is 1. The summed E-state index contributed by atoms with van der Waals surface area (Å²) in [5, 5.41) is 11.1. The van der Waals surface area contributed by atoms with Crippen molar-refractivity contribution in [2.75, 3.05) is 18.8 Å². The maximum Gasteiger partial charge on any atom is 0.315 e. The molecule has 0 radical (unpaired) electrons. The molecule has 5 amide bonds. The molecule has 0 aromatic rings.